The summed E-state index contributed by atoms with van der Waals surface area (Å²) >= 11 is 0. The van der Waals surface area contributed by atoms with Crippen molar-refractivity contribution in [2.75, 3.05) is 30.7 Å². The molecule has 0 aliphatic rings. The van der Waals surface area contributed by atoms with Crippen LogP contribution in [0.25, 0.3) is 0 Å². The molecule has 0 aliphatic carbocycles. The molecule has 1 rings (SSSR count). The molecule has 0 spiro atoms. The molecular weight excluding hydrogens is 240 g/mol. The standard InChI is InChI=1S/C10H18N4O2S/c1-2-14-17(15,16)8-3-4-9(12)10(7-8)13-6-5-11/h3-4,7,13-14H,2,5-6,11-12H2,1H3. The molecule has 0 amide bonds. The van der Waals surface area contributed by atoms with Gasteiger partial charge in [-0.25, -0.2) is 13.1 Å². The van der Waals surface area contributed by atoms with Crippen LogP contribution in [0.3, 0.4) is 0 Å². The minimum atomic E-state index is -3.45. The van der Waals surface area contributed by atoms with E-state index in [4.69, 9.17) is 11.5 Å². The van der Waals surface area contributed by atoms with Crippen LogP contribution in [0.4, 0.5) is 11.4 Å². The molecule has 0 aromatic heterocycles. The maximum atomic E-state index is 11.8. The Kier molecular flexibility index (Phi) is 4.73. The number of rotatable bonds is 6. The third-order valence-electron chi connectivity index (χ3n) is 2.13. The van der Waals surface area contributed by atoms with Crippen molar-refractivity contribution in [2.24, 2.45) is 5.73 Å². The molecule has 0 aliphatic heterocycles. The summed E-state index contributed by atoms with van der Waals surface area (Å²) < 4.78 is 26.0. The van der Waals surface area contributed by atoms with Crippen LogP contribution in [0.5, 0.6) is 0 Å². The van der Waals surface area contributed by atoms with Gasteiger partial charge in [-0.1, -0.05) is 6.92 Å². The first-order valence-corrected chi connectivity index (χ1v) is 6.82. The fourth-order valence-electron chi connectivity index (χ4n) is 1.34. The first-order chi connectivity index (χ1) is 8.01. The summed E-state index contributed by atoms with van der Waals surface area (Å²) in [5.41, 5.74) is 12.2. The Morgan fingerprint density at radius 3 is 2.65 bits per heavy atom. The van der Waals surface area contributed by atoms with E-state index < -0.39 is 10.0 Å². The number of anilines is 2. The third-order valence-corrected chi connectivity index (χ3v) is 3.67. The van der Waals surface area contributed by atoms with E-state index in [-0.39, 0.29) is 4.90 Å². The van der Waals surface area contributed by atoms with Crippen molar-refractivity contribution in [2.45, 2.75) is 11.8 Å². The van der Waals surface area contributed by atoms with Gasteiger partial charge in [0.15, 0.2) is 0 Å². The van der Waals surface area contributed by atoms with E-state index >= 15 is 0 Å². The third kappa shape index (κ3) is 3.58. The lowest BCUT2D eigenvalue weighted by molar-refractivity contribution is 0.584. The normalized spacial score (nSPS) is 11.4. The maximum Gasteiger partial charge on any atom is 0.240 e. The summed E-state index contributed by atoms with van der Waals surface area (Å²) in [4.78, 5) is 0.188. The molecule has 0 heterocycles. The summed E-state index contributed by atoms with van der Waals surface area (Å²) in [7, 11) is -3.45. The average Bonchev–Trinajstić information content (AvgIpc) is 2.27. The Hall–Kier alpha value is -1.31. The maximum absolute atomic E-state index is 11.8. The van der Waals surface area contributed by atoms with Crippen molar-refractivity contribution in [1.29, 1.82) is 0 Å². The first kappa shape index (κ1) is 13.8. The van der Waals surface area contributed by atoms with Crippen LogP contribution in [0, 0.1) is 0 Å². The van der Waals surface area contributed by atoms with Crippen LogP contribution in [-0.4, -0.2) is 28.1 Å². The summed E-state index contributed by atoms with van der Waals surface area (Å²) in [5.74, 6) is 0. The van der Waals surface area contributed by atoms with Gasteiger partial charge in [-0.05, 0) is 18.2 Å². The van der Waals surface area contributed by atoms with Gasteiger partial charge in [0.05, 0.1) is 16.3 Å². The van der Waals surface area contributed by atoms with E-state index in [0.29, 0.717) is 31.0 Å². The average molecular weight is 258 g/mol. The van der Waals surface area contributed by atoms with Gasteiger partial charge in [-0.15, -0.1) is 0 Å². The highest BCUT2D eigenvalue weighted by molar-refractivity contribution is 7.89. The van der Waals surface area contributed by atoms with Crippen molar-refractivity contribution >= 4 is 21.4 Å². The molecule has 96 valence electrons. The van der Waals surface area contributed by atoms with Gasteiger partial charge in [-0.2, -0.15) is 0 Å². The van der Waals surface area contributed by atoms with E-state index in [1.807, 2.05) is 0 Å². The Morgan fingerprint density at radius 2 is 2.06 bits per heavy atom. The molecule has 17 heavy (non-hydrogen) atoms. The van der Waals surface area contributed by atoms with E-state index in [0.717, 1.165) is 0 Å². The molecule has 6 nitrogen and oxygen atoms in total. The molecule has 0 saturated heterocycles. The van der Waals surface area contributed by atoms with E-state index in [9.17, 15) is 8.42 Å². The number of nitrogens with one attached hydrogen (secondary N) is 2. The summed E-state index contributed by atoms with van der Waals surface area (Å²) in [6, 6.07) is 4.53. The van der Waals surface area contributed by atoms with Crippen molar-refractivity contribution in [3.05, 3.63) is 18.2 Å². The molecular formula is C10H18N4O2S. The Morgan fingerprint density at radius 1 is 1.35 bits per heavy atom. The van der Waals surface area contributed by atoms with Crippen LogP contribution >= 0.6 is 0 Å². The lowest BCUT2D eigenvalue weighted by Gasteiger charge is -2.11. The van der Waals surface area contributed by atoms with Gasteiger partial charge in [0, 0.05) is 19.6 Å². The number of nitrogen functional groups attached to an aromatic ring is 1. The Balaban J connectivity index is 3.03. The highest BCUT2D eigenvalue weighted by atomic mass is 32.2. The minimum absolute atomic E-state index is 0.188. The van der Waals surface area contributed by atoms with E-state index in [1.54, 1.807) is 13.0 Å². The summed E-state index contributed by atoms with van der Waals surface area (Å²) in [6.07, 6.45) is 0. The molecule has 1 aromatic carbocycles. The van der Waals surface area contributed by atoms with Gasteiger partial charge in [0.1, 0.15) is 0 Å². The quantitative estimate of drug-likeness (QED) is 0.534. The van der Waals surface area contributed by atoms with Crippen molar-refractivity contribution in [3.63, 3.8) is 0 Å². The van der Waals surface area contributed by atoms with E-state index in [2.05, 4.69) is 10.0 Å². The van der Waals surface area contributed by atoms with Gasteiger partial charge >= 0.3 is 0 Å². The second-order valence-electron chi connectivity index (χ2n) is 3.47. The molecule has 0 saturated carbocycles. The lowest BCUT2D eigenvalue weighted by Crippen LogP contribution is -2.23. The summed E-state index contributed by atoms with van der Waals surface area (Å²) in [5, 5.41) is 2.97. The summed E-state index contributed by atoms with van der Waals surface area (Å²) in [6.45, 7) is 3.05. The zero-order chi connectivity index (χ0) is 12.9. The molecule has 7 heteroatoms. The molecule has 0 fully saturated rings. The van der Waals surface area contributed by atoms with Crippen LogP contribution in [-0.2, 0) is 10.0 Å². The van der Waals surface area contributed by atoms with E-state index in [1.165, 1.54) is 12.1 Å². The second-order valence-corrected chi connectivity index (χ2v) is 5.23. The van der Waals surface area contributed by atoms with Crippen LogP contribution in [0.15, 0.2) is 23.1 Å². The molecule has 0 bridgehead atoms. The topological polar surface area (TPSA) is 110 Å². The van der Waals surface area contributed by atoms with Crippen molar-refractivity contribution in [3.8, 4) is 0 Å². The highest BCUT2D eigenvalue weighted by Gasteiger charge is 2.13. The van der Waals surface area contributed by atoms with Gasteiger partial charge in [0.2, 0.25) is 10.0 Å². The Bertz CT molecular complexity index is 473. The number of benzene rings is 1. The van der Waals surface area contributed by atoms with Crippen LogP contribution in [0.2, 0.25) is 0 Å². The number of hydrogen-bond donors (Lipinski definition) is 4. The zero-order valence-electron chi connectivity index (χ0n) is 9.73. The predicted molar refractivity (Wildman–Crippen MR) is 69.3 cm³/mol. The van der Waals surface area contributed by atoms with Crippen LogP contribution in [0.1, 0.15) is 6.92 Å². The second kappa shape index (κ2) is 5.85. The minimum Gasteiger partial charge on any atom is -0.397 e. The van der Waals surface area contributed by atoms with Crippen molar-refractivity contribution in [1.82, 2.24) is 4.72 Å². The molecule has 0 unspecified atom stereocenters. The Labute approximate surface area is 101 Å². The number of nitrogens with two attached hydrogens (primary N) is 2. The monoisotopic (exact) mass is 258 g/mol. The van der Waals surface area contributed by atoms with Gasteiger partial charge in [0.25, 0.3) is 0 Å². The first-order valence-electron chi connectivity index (χ1n) is 5.34. The largest absolute Gasteiger partial charge is 0.397 e. The number of sulfonamides is 1. The van der Waals surface area contributed by atoms with Gasteiger partial charge < -0.3 is 16.8 Å². The zero-order valence-corrected chi connectivity index (χ0v) is 10.5. The van der Waals surface area contributed by atoms with Gasteiger partial charge in [-0.3, -0.25) is 0 Å². The SMILES string of the molecule is CCNS(=O)(=O)c1ccc(N)c(NCCN)c1. The molecule has 6 N–H and O–H groups in total. The van der Waals surface area contributed by atoms with Crippen LogP contribution < -0.4 is 21.5 Å². The fourth-order valence-corrected chi connectivity index (χ4v) is 2.40. The lowest BCUT2D eigenvalue weighted by atomic mass is 10.2. The smallest absolute Gasteiger partial charge is 0.240 e. The molecule has 1 aromatic rings. The predicted octanol–water partition coefficient (Wildman–Crippen LogP) is -0.0624. The van der Waals surface area contributed by atoms with Crippen molar-refractivity contribution < 1.29 is 8.42 Å². The fraction of sp³-hybridized carbons (Fsp3) is 0.400. The number of hydrogen-bond acceptors (Lipinski definition) is 5. The molecule has 0 atom stereocenters. The molecule has 0 radical (unpaired) electrons. The highest BCUT2D eigenvalue weighted by Crippen LogP contribution is 2.22.